The minimum absolute atomic E-state index is 0.0424. The molecule has 0 spiro atoms. The Morgan fingerprint density at radius 1 is 1.17 bits per heavy atom. The number of rotatable bonds is 4. The van der Waals surface area contributed by atoms with Crippen LogP contribution >= 0.6 is 34.8 Å². The van der Waals surface area contributed by atoms with E-state index in [9.17, 15) is 13.2 Å². The van der Waals surface area contributed by atoms with Crippen molar-refractivity contribution < 1.29 is 13.2 Å². The molecule has 6 nitrogen and oxygen atoms in total. The summed E-state index contributed by atoms with van der Waals surface area (Å²) in [7, 11) is -3.70. The van der Waals surface area contributed by atoms with Crippen LogP contribution in [0.15, 0.2) is 53.4 Å². The van der Waals surface area contributed by atoms with Gasteiger partial charge in [-0.15, -0.1) is 0 Å². The van der Waals surface area contributed by atoms with Gasteiger partial charge in [-0.05, 0) is 70.7 Å². The first-order valence-electron chi connectivity index (χ1n) is 6.72. The van der Waals surface area contributed by atoms with Gasteiger partial charge in [0.2, 0.25) is 10.0 Å². The highest BCUT2D eigenvalue weighted by Crippen LogP contribution is 2.09. The van der Waals surface area contributed by atoms with Crippen molar-refractivity contribution in [1.29, 1.82) is 0 Å². The van der Waals surface area contributed by atoms with Crippen molar-refractivity contribution in [2.45, 2.75) is 11.4 Å². The normalized spacial score (nSPS) is 10.9. The van der Waals surface area contributed by atoms with Gasteiger partial charge in [0.25, 0.3) is 5.91 Å². The molecule has 0 aliphatic carbocycles. The van der Waals surface area contributed by atoms with Crippen molar-refractivity contribution in [3.8, 4) is 0 Å². The van der Waals surface area contributed by atoms with E-state index >= 15 is 0 Å². The zero-order valence-corrected chi connectivity index (χ0v) is 16.1. The Morgan fingerprint density at radius 2 is 1.83 bits per heavy atom. The summed E-state index contributed by atoms with van der Waals surface area (Å²) in [6.45, 7) is 0.344. The zero-order valence-electron chi connectivity index (χ0n) is 12.3. The third kappa shape index (κ3) is 5.51. The fourth-order valence-electron chi connectivity index (χ4n) is 1.83. The van der Waals surface area contributed by atoms with Crippen molar-refractivity contribution in [2.24, 2.45) is 5.14 Å². The summed E-state index contributed by atoms with van der Waals surface area (Å²) < 4.78 is 23.3. The largest absolute Gasteiger partial charge is 0.358 e. The van der Waals surface area contributed by atoms with Gasteiger partial charge in [-0.25, -0.2) is 13.6 Å². The second kappa shape index (κ2) is 8.01. The summed E-state index contributed by atoms with van der Waals surface area (Å²) in [4.78, 5) is 12.1. The number of halogens is 1. The molecule has 9 heteroatoms. The van der Waals surface area contributed by atoms with Crippen LogP contribution in [0.5, 0.6) is 0 Å². The molecular weight excluding hydrogens is 461 g/mol. The Balaban J connectivity index is 1.90. The van der Waals surface area contributed by atoms with E-state index in [1.165, 1.54) is 12.1 Å². The summed E-state index contributed by atoms with van der Waals surface area (Å²) >= 11 is 7.21. The second-order valence-electron chi connectivity index (χ2n) is 4.84. The van der Waals surface area contributed by atoms with E-state index in [2.05, 4.69) is 33.2 Å². The summed E-state index contributed by atoms with van der Waals surface area (Å²) in [6.07, 6.45) is 0. The average Bonchev–Trinajstić information content (AvgIpc) is 2.52. The number of nitrogens with one attached hydrogen (secondary N) is 2. The fourth-order valence-corrected chi connectivity index (χ4v) is 3.05. The van der Waals surface area contributed by atoms with Crippen LogP contribution < -0.4 is 15.8 Å². The number of hydrogen-bond acceptors (Lipinski definition) is 4. The van der Waals surface area contributed by atoms with Crippen LogP contribution in [0.1, 0.15) is 15.9 Å². The standard InChI is InChI=1S/C15H14IN3O3S2/c16-12-3-1-2-11(8-12)14(20)19-15(23)18-9-10-4-6-13(7-5-10)24(17,21)22/h1-8H,9H2,(H2,17,21,22)(H2,18,19,20,23). The molecule has 0 fully saturated rings. The molecule has 0 heterocycles. The quantitative estimate of drug-likeness (QED) is 0.462. The van der Waals surface area contributed by atoms with E-state index in [1.54, 1.807) is 30.3 Å². The van der Waals surface area contributed by atoms with Gasteiger partial charge in [0, 0.05) is 15.7 Å². The minimum atomic E-state index is -3.70. The molecule has 0 bridgehead atoms. The Hall–Kier alpha value is -1.56. The van der Waals surface area contributed by atoms with E-state index in [1.807, 2.05) is 6.07 Å². The first-order valence-corrected chi connectivity index (χ1v) is 9.75. The maximum atomic E-state index is 12.1. The maximum absolute atomic E-state index is 12.1. The SMILES string of the molecule is NS(=O)(=O)c1ccc(CNC(=S)NC(=O)c2cccc(I)c2)cc1. The van der Waals surface area contributed by atoms with Crippen molar-refractivity contribution >= 4 is 55.9 Å². The number of benzene rings is 2. The number of hydrogen-bond donors (Lipinski definition) is 3. The number of amides is 1. The highest BCUT2D eigenvalue weighted by molar-refractivity contribution is 14.1. The van der Waals surface area contributed by atoms with E-state index < -0.39 is 10.0 Å². The molecule has 126 valence electrons. The number of sulfonamides is 1. The van der Waals surface area contributed by atoms with Crippen LogP contribution in [0.3, 0.4) is 0 Å². The third-order valence-electron chi connectivity index (χ3n) is 3.02. The predicted molar refractivity (Wildman–Crippen MR) is 104 cm³/mol. The average molecular weight is 475 g/mol. The van der Waals surface area contributed by atoms with Crippen molar-refractivity contribution in [2.75, 3.05) is 0 Å². The number of primary sulfonamides is 1. The molecule has 0 aromatic heterocycles. The smallest absolute Gasteiger partial charge is 0.257 e. The molecule has 0 aliphatic heterocycles. The molecule has 0 atom stereocenters. The molecule has 2 aromatic rings. The molecule has 4 N–H and O–H groups in total. The van der Waals surface area contributed by atoms with Gasteiger partial charge in [-0.3, -0.25) is 10.1 Å². The summed E-state index contributed by atoms with van der Waals surface area (Å²) in [6, 6.07) is 13.2. The number of carbonyl (C=O) groups excluding carboxylic acids is 1. The lowest BCUT2D eigenvalue weighted by Crippen LogP contribution is -2.38. The molecule has 2 rings (SSSR count). The van der Waals surface area contributed by atoms with Gasteiger partial charge in [0.15, 0.2) is 5.11 Å². The predicted octanol–water partition coefficient (Wildman–Crippen LogP) is 1.74. The first-order chi connectivity index (χ1) is 11.3. The Bertz CT molecular complexity index is 868. The van der Waals surface area contributed by atoms with Crippen molar-refractivity contribution in [3.05, 3.63) is 63.2 Å². The molecule has 0 saturated heterocycles. The lowest BCUT2D eigenvalue weighted by atomic mass is 10.2. The molecule has 0 radical (unpaired) electrons. The van der Waals surface area contributed by atoms with Crippen LogP contribution in [-0.2, 0) is 16.6 Å². The van der Waals surface area contributed by atoms with Crippen molar-refractivity contribution in [3.63, 3.8) is 0 Å². The van der Waals surface area contributed by atoms with Gasteiger partial charge in [-0.2, -0.15) is 0 Å². The maximum Gasteiger partial charge on any atom is 0.257 e. The summed E-state index contributed by atoms with van der Waals surface area (Å²) in [5.41, 5.74) is 1.32. The zero-order chi connectivity index (χ0) is 17.7. The number of thiocarbonyl (C=S) groups is 1. The topological polar surface area (TPSA) is 101 Å². The molecule has 24 heavy (non-hydrogen) atoms. The van der Waals surface area contributed by atoms with Gasteiger partial charge >= 0.3 is 0 Å². The monoisotopic (exact) mass is 475 g/mol. The van der Waals surface area contributed by atoms with Crippen LogP contribution in [0.2, 0.25) is 0 Å². The highest BCUT2D eigenvalue weighted by Gasteiger charge is 2.09. The number of carbonyl (C=O) groups is 1. The lowest BCUT2D eigenvalue weighted by molar-refractivity contribution is 0.0976. The molecule has 0 unspecified atom stereocenters. The van der Waals surface area contributed by atoms with E-state index in [4.69, 9.17) is 17.4 Å². The van der Waals surface area contributed by atoms with Crippen LogP contribution in [-0.4, -0.2) is 19.4 Å². The van der Waals surface area contributed by atoms with Gasteiger partial charge in [-0.1, -0.05) is 18.2 Å². The molecular formula is C15H14IN3O3S2. The van der Waals surface area contributed by atoms with Gasteiger partial charge in [0.1, 0.15) is 0 Å². The minimum Gasteiger partial charge on any atom is -0.358 e. The van der Waals surface area contributed by atoms with Crippen molar-refractivity contribution in [1.82, 2.24) is 10.6 Å². The lowest BCUT2D eigenvalue weighted by Gasteiger charge is -2.10. The van der Waals surface area contributed by atoms with E-state index in [0.717, 1.165) is 9.13 Å². The van der Waals surface area contributed by atoms with Gasteiger partial charge in [0.05, 0.1) is 4.90 Å². The Labute approximate surface area is 159 Å². The molecule has 0 aliphatic rings. The van der Waals surface area contributed by atoms with Crippen LogP contribution in [0, 0.1) is 3.57 Å². The molecule has 0 saturated carbocycles. The Kier molecular flexibility index (Phi) is 6.27. The second-order valence-corrected chi connectivity index (χ2v) is 8.05. The number of nitrogens with two attached hydrogens (primary N) is 1. The van der Waals surface area contributed by atoms with Crippen LogP contribution in [0.4, 0.5) is 0 Å². The van der Waals surface area contributed by atoms with E-state index in [-0.39, 0.29) is 15.9 Å². The van der Waals surface area contributed by atoms with E-state index in [0.29, 0.717) is 12.1 Å². The highest BCUT2D eigenvalue weighted by atomic mass is 127. The Morgan fingerprint density at radius 3 is 2.42 bits per heavy atom. The fraction of sp³-hybridized carbons (Fsp3) is 0.0667. The summed E-state index contributed by atoms with van der Waals surface area (Å²) in [5.74, 6) is -0.296. The molecule has 2 aromatic carbocycles. The third-order valence-corrected chi connectivity index (χ3v) is 4.87. The van der Waals surface area contributed by atoms with Gasteiger partial charge < -0.3 is 5.32 Å². The first kappa shape index (κ1) is 18.8. The van der Waals surface area contributed by atoms with Crippen LogP contribution in [0.25, 0.3) is 0 Å². The summed E-state index contributed by atoms with van der Waals surface area (Å²) in [5, 5.41) is 10.7. The molecule has 1 amide bonds.